The molecule has 7 nitrogen and oxygen atoms in total. The van der Waals surface area contributed by atoms with Crippen LogP contribution < -0.4 is 14.8 Å². The molecule has 2 aromatic heterocycles. The monoisotopic (exact) mass is 388 g/mol. The Morgan fingerprint density at radius 3 is 2.79 bits per heavy atom. The average molecular weight is 388 g/mol. The molecule has 1 amide bonds. The maximum atomic E-state index is 12.9. The fraction of sp³-hybridized carbons (Fsp3) is 0.136. The molecule has 0 aliphatic heterocycles. The molecule has 146 valence electrons. The molecule has 4 aromatic rings. The van der Waals surface area contributed by atoms with Gasteiger partial charge in [0.1, 0.15) is 11.5 Å². The summed E-state index contributed by atoms with van der Waals surface area (Å²) in [5, 5.41) is 2.93. The molecule has 0 saturated heterocycles. The lowest BCUT2D eigenvalue weighted by Gasteiger charge is -2.13. The summed E-state index contributed by atoms with van der Waals surface area (Å²) in [5.41, 5.74) is 2.59. The van der Waals surface area contributed by atoms with Crippen LogP contribution in [0.4, 0.5) is 5.69 Å². The average Bonchev–Trinajstić information content (AvgIpc) is 3.18. The van der Waals surface area contributed by atoms with E-state index in [9.17, 15) is 4.79 Å². The highest BCUT2D eigenvalue weighted by Gasteiger charge is 2.16. The predicted octanol–water partition coefficient (Wildman–Crippen LogP) is 4.06. The number of fused-ring (bicyclic) bond motifs is 1. The van der Waals surface area contributed by atoms with Crippen molar-refractivity contribution in [1.82, 2.24) is 14.4 Å². The van der Waals surface area contributed by atoms with E-state index in [1.54, 1.807) is 37.6 Å². The predicted molar refractivity (Wildman–Crippen MR) is 111 cm³/mol. The van der Waals surface area contributed by atoms with Crippen LogP contribution in [0.3, 0.4) is 0 Å². The van der Waals surface area contributed by atoms with Crippen LogP contribution in [-0.2, 0) is 0 Å². The second-order valence-corrected chi connectivity index (χ2v) is 6.25. The third-order valence-electron chi connectivity index (χ3n) is 4.41. The van der Waals surface area contributed by atoms with Crippen molar-refractivity contribution in [1.29, 1.82) is 0 Å². The quantitative estimate of drug-likeness (QED) is 0.539. The summed E-state index contributed by atoms with van der Waals surface area (Å²) in [6.45, 7) is 2.36. The normalized spacial score (nSPS) is 10.7. The molecular formula is C22H20N4O3. The number of carbonyl (C=O) groups excluding carboxylic acids is 1. The van der Waals surface area contributed by atoms with Gasteiger partial charge in [-0.15, -0.1) is 0 Å². The Labute approximate surface area is 168 Å². The molecule has 0 aliphatic carbocycles. The number of anilines is 1. The summed E-state index contributed by atoms with van der Waals surface area (Å²) in [6, 6.07) is 14.5. The smallest absolute Gasteiger partial charge is 0.259 e. The fourth-order valence-corrected chi connectivity index (χ4v) is 3.06. The van der Waals surface area contributed by atoms with Crippen molar-refractivity contribution in [3.05, 3.63) is 72.7 Å². The van der Waals surface area contributed by atoms with Gasteiger partial charge in [-0.1, -0.05) is 12.1 Å². The summed E-state index contributed by atoms with van der Waals surface area (Å²) in [6.07, 6.45) is 5.47. The van der Waals surface area contributed by atoms with E-state index >= 15 is 0 Å². The Kier molecular flexibility index (Phi) is 5.11. The third kappa shape index (κ3) is 3.75. The first-order chi connectivity index (χ1) is 14.2. The van der Waals surface area contributed by atoms with E-state index in [4.69, 9.17) is 9.47 Å². The van der Waals surface area contributed by atoms with Gasteiger partial charge in [-0.05, 0) is 43.3 Å². The largest absolute Gasteiger partial charge is 0.495 e. The number of methoxy groups -OCH3 is 1. The van der Waals surface area contributed by atoms with E-state index in [0.29, 0.717) is 35.1 Å². The molecule has 0 atom stereocenters. The number of para-hydroxylation sites is 1. The molecule has 0 unspecified atom stereocenters. The molecule has 29 heavy (non-hydrogen) atoms. The lowest BCUT2D eigenvalue weighted by Crippen LogP contribution is -2.14. The van der Waals surface area contributed by atoms with Crippen LogP contribution in [0.5, 0.6) is 11.5 Å². The van der Waals surface area contributed by atoms with E-state index in [1.165, 1.54) is 0 Å². The second kappa shape index (κ2) is 8.02. The molecule has 4 rings (SSSR count). The maximum Gasteiger partial charge on any atom is 0.259 e. The minimum absolute atomic E-state index is 0.277. The van der Waals surface area contributed by atoms with Crippen molar-refractivity contribution in [3.8, 4) is 22.8 Å². The van der Waals surface area contributed by atoms with Gasteiger partial charge in [0, 0.05) is 24.2 Å². The number of nitrogens with zero attached hydrogens (tertiary/aromatic N) is 3. The zero-order valence-corrected chi connectivity index (χ0v) is 16.1. The highest BCUT2D eigenvalue weighted by atomic mass is 16.5. The van der Waals surface area contributed by atoms with Crippen molar-refractivity contribution in [3.63, 3.8) is 0 Å². The number of carbonyl (C=O) groups is 1. The van der Waals surface area contributed by atoms with Crippen LogP contribution in [0.15, 0.2) is 67.1 Å². The van der Waals surface area contributed by atoms with Crippen molar-refractivity contribution in [2.45, 2.75) is 6.92 Å². The molecule has 1 N–H and O–H groups in total. The van der Waals surface area contributed by atoms with Crippen molar-refractivity contribution < 1.29 is 14.3 Å². The van der Waals surface area contributed by atoms with Gasteiger partial charge in [-0.3, -0.25) is 9.20 Å². The highest BCUT2D eigenvalue weighted by molar-refractivity contribution is 6.07. The van der Waals surface area contributed by atoms with E-state index in [-0.39, 0.29) is 5.91 Å². The fourth-order valence-electron chi connectivity index (χ4n) is 3.06. The van der Waals surface area contributed by atoms with Gasteiger partial charge in [-0.2, -0.15) is 0 Å². The molecule has 0 bridgehead atoms. The van der Waals surface area contributed by atoms with Crippen LogP contribution >= 0.6 is 0 Å². The van der Waals surface area contributed by atoms with Gasteiger partial charge in [0.05, 0.1) is 30.7 Å². The van der Waals surface area contributed by atoms with Gasteiger partial charge in [-0.25, -0.2) is 9.97 Å². The van der Waals surface area contributed by atoms with Crippen molar-refractivity contribution in [2.24, 2.45) is 0 Å². The van der Waals surface area contributed by atoms with E-state index < -0.39 is 0 Å². The molecule has 0 aliphatic rings. The minimum atomic E-state index is -0.277. The Balaban J connectivity index is 1.68. The van der Waals surface area contributed by atoms with Gasteiger partial charge in [0.2, 0.25) is 5.78 Å². The molecule has 2 heterocycles. The molecule has 0 spiro atoms. The van der Waals surface area contributed by atoms with E-state index in [0.717, 1.165) is 11.3 Å². The third-order valence-corrected chi connectivity index (χ3v) is 4.41. The number of amides is 1. The van der Waals surface area contributed by atoms with Crippen molar-refractivity contribution >= 4 is 17.4 Å². The second-order valence-electron chi connectivity index (χ2n) is 6.25. The Morgan fingerprint density at radius 2 is 2.00 bits per heavy atom. The van der Waals surface area contributed by atoms with Gasteiger partial charge >= 0.3 is 0 Å². The lowest BCUT2D eigenvalue weighted by molar-refractivity contribution is 0.102. The molecule has 0 fully saturated rings. The zero-order valence-electron chi connectivity index (χ0n) is 16.1. The van der Waals surface area contributed by atoms with Crippen LogP contribution in [0.1, 0.15) is 17.3 Å². The van der Waals surface area contributed by atoms with Crippen LogP contribution in [0.25, 0.3) is 17.0 Å². The molecule has 0 saturated carbocycles. The SMILES string of the molecule is CCOc1ccccc1C(=O)Nc1cc(-c2cn3cccnc3n2)ccc1OC. The maximum absolute atomic E-state index is 12.9. The van der Waals surface area contributed by atoms with E-state index in [2.05, 4.69) is 15.3 Å². The number of nitrogens with one attached hydrogen (secondary N) is 1. The highest BCUT2D eigenvalue weighted by Crippen LogP contribution is 2.31. The number of hydrogen-bond acceptors (Lipinski definition) is 5. The Morgan fingerprint density at radius 1 is 1.14 bits per heavy atom. The first-order valence-electron chi connectivity index (χ1n) is 9.21. The van der Waals surface area contributed by atoms with E-state index in [1.807, 2.05) is 48.0 Å². The van der Waals surface area contributed by atoms with Gasteiger partial charge in [0.15, 0.2) is 0 Å². The topological polar surface area (TPSA) is 77.8 Å². The number of ether oxygens (including phenoxy) is 2. The van der Waals surface area contributed by atoms with Gasteiger partial charge < -0.3 is 14.8 Å². The van der Waals surface area contributed by atoms with Crippen LogP contribution in [0, 0.1) is 0 Å². The number of benzene rings is 2. The van der Waals surface area contributed by atoms with Crippen LogP contribution in [0.2, 0.25) is 0 Å². The summed E-state index contributed by atoms with van der Waals surface area (Å²) in [4.78, 5) is 21.7. The number of aromatic nitrogens is 3. The summed E-state index contributed by atoms with van der Waals surface area (Å²) < 4.78 is 12.8. The molecule has 2 aromatic carbocycles. The first-order valence-corrected chi connectivity index (χ1v) is 9.21. The molecule has 0 radical (unpaired) electrons. The Hall–Kier alpha value is -3.87. The summed E-state index contributed by atoms with van der Waals surface area (Å²) >= 11 is 0. The first kappa shape index (κ1) is 18.5. The van der Waals surface area contributed by atoms with Crippen LogP contribution in [-0.4, -0.2) is 34.0 Å². The Bertz CT molecular complexity index is 1140. The number of rotatable bonds is 6. The number of hydrogen-bond donors (Lipinski definition) is 1. The zero-order chi connectivity index (χ0) is 20.2. The van der Waals surface area contributed by atoms with Gasteiger partial charge in [0.25, 0.3) is 5.91 Å². The van der Waals surface area contributed by atoms with Crippen molar-refractivity contribution in [2.75, 3.05) is 19.0 Å². The lowest BCUT2D eigenvalue weighted by atomic mass is 10.1. The minimum Gasteiger partial charge on any atom is -0.495 e. The summed E-state index contributed by atoms with van der Waals surface area (Å²) in [7, 11) is 1.56. The molecule has 7 heteroatoms. The standard InChI is InChI=1S/C22H20N4O3/c1-3-29-19-8-5-4-7-16(19)21(27)24-17-13-15(9-10-20(17)28-2)18-14-26-12-6-11-23-22(26)25-18/h4-14H,3H2,1-2H3,(H,24,27). The molecular weight excluding hydrogens is 368 g/mol. The number of imidazole rings is 1. The summed E-state index contributed by atoms with van der Waals surface area (Å²) in [5.74, 6) is 1.42.